The van der Waals surface area contributed by atoms with Gasteiger partial charge in [0, 0.05) is 36.8 Å². The van der Waals surface area contributed by atoms with Crippen LogP contribution in [0.5, 0.6) is 0 Å². The summed E-state index contributed by atoms with van der Waals surface area (Å²) >= 11 is 5.92. The third-order valence-corrected chi connectivity index (χ3v) is 4.93. The van der Waals surface area contributed by atoms with Gasteiger partial charge < -0.3 is 15.5 Å². The molecule has 0 saturated carbocycles. The van der Waals surface area contributed by atoms with Crippen molar-refractivity contribution in [3.63, 3.8) is 0 Å². The molecule has 1 heterocycles. The van der Waals surface area contributed by atoms with Gasteiger partial charge in [-0.2, -0.15) is 0 Å². The second-order valence-corrected chi connectivity index (χ2v) is 7.26. The van der Waals surface area contributed by atoms with E-state index in [4.69, 9.17) is 11.6 Å². The number of anilines is 2. The van der Waals surface area contributed by atoms with Crippen molar-refractivity contribution in [2.24, 2.45) is 0 Å². The van der Waals surface area contributed by atoms with Gasteiger partial charge in [-0.3, -0.25) is 14.4 Å². The maximum atomic E-state index is 12.6. The Morgan fingerprint density at radius 3 is 2.46 bits per heavy atom. The zero-order valence-corrected chi connectivity index (χ0v) is 16.5. The quantitative estimate of drug-likeness (QED) is 0.808. The van der Waals surface area contributed by atoms with Gasteiger partial charge in [-0.1, -0.05) is 23.7 Å². The highest BCUT2D eigenvalue weighted by atomic mass is 35.5. The fraction of sp³-hybridized carbons (Fsp3) is 0.286. The topological polar surface area (TPSA) is 78.5 Å². The van der Waals surface area contributed by atoms with Crippen molar-refractivity contribution in [2.75, 3.05) is 16.8 Å². The highest BCUT2D eigenvalue weighted by Crippen LogP contribution is 2.30. The van der Waals surface area contributed by atoms with Crippen molar-refractivity contribution in [1.29, 1.82) is 0 Å². The lowest BCUT2D eigenvalue weighted by Crippen LogP contribution is -2.29. The lowest BCUT2D eigenvalue weighted by Gasteiger charge is -2.19. The van der Waals surface area contributed by atoms with E-state index in [0.717, 1.165) is 23.2 Å². The molecule has 0 spiro atoms. The molecule has 6 nitrogen and oxygen atoms in total. The van der Waals surface area contributed by atoms with Crippen LogP contribution in [0.1, 0.15) is 37.4 Å². The van der Waals surface area contributed by atoms with E-state index in [2.05, 4.69) is 10.6 Å². The van der Waals surface area contributed by atoms with Crippen LogP contribution >= 0.6 is 11.6 Å². The van der Waals surface area contributed by atoms with E-state index < -0.39 is 6.04 Å². The molecule has 0 saturated heterocycles. The highest BCUT2D eigenvalue weighted by molar-refractivity contribution is 6.30. The van der Waals surface area contributed by atoms with E-state index in [1.54, 1.807) is 42.2 Å². The van der Waals surface area contributed by atoms with E-state index >= 15 is 0 Å². The average molecular weight is 400 g/mol. The molecule has 0 radical (unpaired) electrons. The first-order valence-corrected chi connectivity index (χ1v) is 9.44. The molecule has 3 rings (SSSR count). The van der Waals surface area contributed by atoms with E-state index in [1.807, 2.05) is 12.1 Å². The van der Waals surface area contributed by atoms with Crippen molar-refractivity contribution < 1.29 is 14.4 Å². The molecule has 0 fully saturated rings. The minimum absolute atomic E-state index is 0.0108. The van der Waals surface area contributed by atoms with E-state index in [1.165, 1.54) is 6.92 Å². The van der Waals surface area contributed by atoms with Gasteiger partial charge in [0.2, 0.25) is 17.7 Å². The second kappa shape index (κ2) is 8.44. The van der Waals surface area contributed by atoms with Crippen LogP contribution in [0.3, 0.4) is 0 Å². The SMILES string of the molecule is CC(=O)N[C@@H](CC(=O)Nc1ccc2c(c1)CCN2C(C)=O)c1ccc(Cl)cc1. The Morgan fingerprint density at radius 2 is 1.82 bits per heavy atom. The molecule has 0 bridgehead atoms. The maximum Gasteiger partial charge on any atom is 0.226 e. The molecule has 3 amide bonds. The Kier molecular flexibility index (Phi) is 5.99. The molecule has 146 valence electrons. The number of nitrogens with zero attached hydrogens (tertiary/aromatic N) is 1. The Balaban J connectivity index is 1.70. The van der Waals surface area contributed by atoms with Gasteiger partial charge in [-0.05, 0) is 47.9 Å². The Bertz CT molecular complexity index is 912. The normalized spacial score (nSPS) is 13.6. The van der Waals surface area contributed by atoms with Gasteiger partial charge in [0.15, 0.2) is 0 Å². The minimum atomic E-state index is -0.447. The molecule has 0 aromatic heterocycles. The standard InChI is InChI=1S/C21H22ClN3O3/c1-13(26)23-19(15-3-5-17(22)6-4-15)12-21(28)24-18-7-8-20-16(11-18)9-10-25(20)14(2)27/h3-8,11,19H,9-10,12H2,1-2H3,(H,23,26)(H,24,28)/t19-/m0/s1. The summed E-state index contributed by atoms with van der Waals surface area (Å²) in [7, 11) is 0. The van der Waals surface area contributed by atoms with Crippen molar-refractivity contribution in [3.05, 3.63) is 58.6 Å². The van der Waals surface area contributed by atoms with Crippen LogP contribution in [0, 0.1) is 0 Å². The van der Waals surface area contributed by atoms with Crippen molar-refractivity contribution in [3.8, 4) is 0 Å². The molecule has 0 aliphatic carbocycles. The number of amides is 3. The van der Waals surface area contributed by atoms with Gasteiger partial charge >= 0.3 is 0 Å². The number of nitrogens with one attached hydrogen (secondary N) is 2. The van der Waals surface area contributed by atoms with Crippen molar-refractivity contribution >= 4 is 40.7 Å². The number of benzene rings is 2. The van der Waals surface area contributed by atoms with Gasteiger partial charge in [0.25, 0.3) is 0 Å². The second-order valence-electron chi connectivity index (χ2n) is 6.82. The minimum Gasteiger partial charge on any atom is -0.349 e. The zero-order chi connectivity index (χ0) is 20.3. The monoisotopic (exact) mass is 399 g/mol. The lowest BCUT2D eigenvalue weighted by molar-refractivity contribution is -0.120. The Morgan fingerprint density at radius 1 is 1.11 bits per heavy atom. The van der Waals surface area contributed by atoms with E-state index in [-0.39, 0.29) is 24.1 Å². The summed E-state index contributed by atoms with van der Waals surface area (Å²) < 4.78 is 0. The average Bonchev–Trinajstić information content (AvgIpc) is 3.05. The first-order valence-electron chi connectivity index (χ1n) is 9.07. The molecule has 7 heteroatoms. The Labute approximate surface area is 168 Å². The molecule has 0 unspecified atom stereocenters. The maximum absolute atomic E-state index is 12.6. The first kappa shape index (κ1) is 19.9. The summed E-state index contributed by atoms with van der Waals surface area (Å²) in [6.45, 7) is 3.62. The third kappa shape index (κ3) is 4.70. The first-order chi connectivity index (χ1) is 13.3. The Hall–Kier alpha value is -2.86. The predicted molar refractivity (Wildman–Crippen MR) is 109 cm³/mol. The molecular weight excluding hydrogens is 378 g/mol. The number of hydrogen-bond donors (Lipinski definition) is 2. The van der Waals surface area contributed by atoms with Crippen LogP contribution < -0.4 is 15.5 Å². The van der Waals surface area contributed by atoms with Gasteiger partial charge in [0.05, 0.1) is 12.5 Å². The number of fused-ring (bicyclic) bond motifs is 1. The molecular formula is C21H22ClN3O3. The van der Waals surface area contributed by atoms with Crippen LogP contribution in [0.15, 0.2) is 42.5 Å². The van der Waals surface area contributed by atoms with Gasteiger partial charge in [-0.15, -0.1) is 0 Å². The summed E-state index contributed by atoms with van der Waals surface area (Å²) in [4.78, 5) is 37.5. The molecule has 1 atom stereocenters. The number of carbonyl (C=O) groups is 3. The molecule has 1 aliphatic heterocycles. The van der Waals surface area contributed by atoms with Crippen LogP contribution in [-0.4, -0.2) is 24.3 Å². The van der Waals surface area contributed by atoms with Crippen LogP contribution in [-0.2, 0) is 20.8 Å². The molecule has 2 aromatic carbocycles. The molecule has 2 N–H and O–H groups in total. The zero-order valence-electron chi connectivity index (χ0n) is 15.8. The summed E-state index contributed by atoms with van der Waals surface area (Å²) in [6.07, 6.45) is 0.857. The highest BCUT2D eigenvalue weighted by Gasteiger charge is 2.23. The number of rotatable bonds is 5. The lowest BCUT2D eigenvalue weighted by atomic mass is 10.0. The van der Waals surface area contributed by atoms with Crippen LogP contribution in [0.25, 0.3) is 0 Å². The van der Waals surface area contributed by atoms with Crippen LogP contribution in [0.4, 0.5) is 11.4 Å². The fourth-order valence-corrected chi connectivity index (χ4v) is 3.52. The van der Waals surface area contributed by atoms with Crippen molar-refractivity contribution in [1.82, 2.24) is 5.32 Å². The number of hydrogen-bond acceptors (Lipinski definition) is 3. The third-order valence-electron chi connectivity index (χ3n) is 4.68. The fourth-order valence-electron chi connectivity index (χ4n) is 3.40. The van der Waals surface area contributed by atoms with Gasteiger partial charge in [0.1, 0.15) is 0 Å². The summed E-state index contributed by atoms with van der Waals surface area (Å²) in [5.41, 5.74) is 3.40. The summed E-state index contributed by atoms with van der Waals surface area (Å²) in [5, 5.41) is 6.28. The van der Waals surface area contributed by atoms with Crippen molar-refractivity contribution in [2.45, 2.75) is 32.7 Å². The number of carbonyl (C=O) groups excluding carboxylic acids is 3. The van der Waals surface area contributed by atoms with E-state index in [9.17, 15) is 14.4 Å². The molecule has 28 heavy (non-hydrogen) atoms. The number of halogens is 1. The van der Waals surface area contributed by atoms with Gasteiger partial charge in [-0.25, -0.2) is 0 Å². The summed E-state index contributed by atoms with van der Waals surface area (Å²) in [5.74, 6) is -0.415. The smallest absolute Gasteiger partial charge is 0.226 e. The molecule has 2 aromatic rings. The summed E-state index contributed by atoms with van der Waals surface area (Å²) in [6, 6.07) is 12.1. The van der Waals surface area contributed by atoms with E-state index in [0.29, 0.717) is 17.3 Å². The molecule has 1 aliphatic rings. The largest absolute Gasteiger partial charge is 0.349 e. The van der Waals surface area contributed by atoms with Crippen LogP contribution in [0.2, 0.25) is 5.02 Å². The predicted octanol–water partition coefficient (Wildman–Crippen LogP) is 3.46.